The zero-order valence-electron chi connectivity index (χ0n) is 14.6. The number of aromatic nitrogens is 3. The van der Waals surface area contributed by atoms with Crippen LogP contribution in [0.3, 0.4) is 0 Å². The second-order valence-electron chi connectivity index (χ2n) is 5.87. The fourth-order valence-electron chi connectivity index (χ4n) is 2.64. The number of hydrogen-bond donors (Lipinski definition) is 3. The summed E-state index contributed by atoms with van der Waals surface area (Å²) in [6, 6.07) is 13.1. The van der Waals surface area contributed by atoms with Crippen LogP contribution in [-0.4, -0.2) is 40.0 Å². The van der Waals surface area contributed by atoms with Crippen molar-refractivity contribution >= 4 is 17.5 Å². The van der Waals surface area contributed by atoms with Crippen molar-refractivity contribution in [3.63, 3.8) is 0 Å². The number of aliphatic hydroxyl groups excluding tert-OH is 1. The molecule has 0 unspecified atom stereocenters. The standard InChI is InChI=1S/C19H19N5O3/c25-9-3-8-21-19-23-15(14-4-1-2-7-20-14)11-18(24-19)22-13-5-6-16-17(10-13)27-12-26-16/h1-2,4-7,10-11,25H,3,8-9,12H2,(H2,21,22,23,24). The maximum atomic E-state index is 8.98. The molecule has 138 valence electrons. The second-order valence-corrected chi connectivity index (χ2v) is 5.87. The lowest BCUT2D eigenvalue weighted by atomic mass is 10.2. The quantitative estimate of drug-likeness (QED) is 0.550. The van der Waals surface area contributed by atoms with Crippen LogP contribution >= 0.6 is 0 Å². The summed E-state index contributed by atoms with van der Waals surface area (Å²) in [6.07, 6.45) is 2.34. The number of fused-ring (bicyclic) bond motifs is 1. The van der Waals surface area contributed by atoms with Crippen LogP contribution in [0.1, 0.15) is 6.42 Å². The summed E-state index contributed by atoms with van der Waals surface area (Å²) in [7, 11) is 0. The lowest BCUT2D eigenvalue weighted by Gasteiger charge is -2.11. The van der Waals surface area contributed by atoms with E-state index in [1.807, 2.05) is 42.5 Å². The summed E-state index contributed by atoms with van der Waals surface area (Å²) in [5.74, 6) is 2.51. The molecule has 1 aliphatic heterocycles. The van der Waals surface area contributed by atoms with E-state index in [2.05, 4.69) is 25.6 Å². The second kappa shape index (κ2) is 7.88. The molecule has 0 aliphatic carbocycles. The van der Waals surface area contributed by atoms with Crippen LogP contribution in [0.4, 0.5) is 17.5 Å². The van der Waals surface area contributed by atoms with Gasteiger partial charge in [0.25, 0.3) is 0 Å². The Labute approximate surface area is 156 Å². The number of aliphatic hydroxyl groups is 1. The van der Waals surface area contributed by atoms with Crippen LogP contribution in [0.5, 0.6) is 11.5 Å². The molecule has 0 radical (unpaired) electrons. The molecule has 0 fully saturated rings. The van der Waals surface area contributed by atoms with Gasteiger partial charge in [0.15, 0.2) is 11.5 Å². The molecule has 0 atom stereocenters. The van der Waals surface area contributed by atoms with E-state index in [0.29, 0.717) is 36.2 Å². The van der Waals surface area contributed by atoms with Crippen LogP contribution in [0.15, 0.2) is 48.7 Å². The highest BCUT2D eigenvalue weighted by Gasteiger charge is 2.14. The van der Waals surface area contributed by atoms with Crippen LogP contribution in [-0.2, 0) is 0 Å². The Morgan fingerprint density at radius 3 is 2.78 bits per heavy atom. The average molecular weight is 365 g/mol. The van der Waals surface area contributed by atoms with Crippen molar-refractivity contribution in [3.8, 4) is 22.9 Å². The van der Waals surface area contributed by atoms with Crippen molar-refractivity contribution < 1.29 is 14.6 Å². The molecular weight excluding hydrogens is 346 g/mol. The van der Waals surface area contributed by atoms with Crippen molar-refractivity contribution in [2.75, 3.05) is 30.6 Å². The molecule has 0 saturated carbocycles. The normalized spacial score (nSPS) is 12.0. The summed E-state index contributed by atoms with van der Waals surface area (Å²) >= 11 is 0. The summed E-state index contributed by atoms with van der Waals surface area (Å²) < 4.78 is 10.8. The zero-order valence-corrected chi connectivity index (χ0v) is 14.6. The minimum Gasteiger partial charge on any atom is -0.454 e. The number of nitrogens with zero attached hydrogens (tertiary/aromatic N) is 3. The van der Waals surface area contributed by atoms with Crippen molar-refractivity contribution in [2.24, 2.45) is 0 Å². The lowest BCUT2D eigenvalue weighted by Crippen LogP contribution is -2.09. The number of anilines is 3. The molecule has 4 rings (SSSR count). The fraction of sp³-hybridized carbons (Fsp3) is 0.211. The van der Waals surface area contributed by atoms with Gasteiger partial charge in [-0.25, -0.2) is 4.98 Å². The molecule has 1 aliphatic rings. The molecule has 1 aromatic carbocycles. The minimum atomic E-state index is 0.106. The number of benzene rings is 1. The monoisotopic (exact) mass is 365 g/mol. The van der Waals surface area contributed by atoms with E-state index in [-0.39, 0.29) is 13.4 Å². The molecule has 3 aromatic rings. The van der Waals surface area contributed by atoms with E-state index in [1.165, 1.54) is 0 Å². The molecule has 0 amide bonds. The Bertz CT molecular complexity index is 920. The van der Waals surface area contributed by atoms with E-state index in [9.17, 15) is 0 Å². The van der Waals surface area contributed by atoms with E-state index in [0.717, 1.165) is 17.1 Å². The summed E-state index contributed by atoms with van der Waals surface area (Å²) in [5, 5.41) is 15.4. The highest BCUT2D eigenvalue weighted by atomic mass is 16.7. The lowest BCUT2D eigenvalue weighted by molar-refractivity contribution is 0.174. The first-order valence-corrected chi connectivity index (χ1v) is 8.64. The summed E-state index contributed by atoms with van der Waals surface area (Å²) in [6.45, 7) is 0.913. The smallest absolute Gasteiger partial charge is 0.231 e. The highest BCUT2D eigenvalue weighted by molar-refractivity contribution is 5.67. The van der Waals surface area contributed by atoms with Gasteiger partial charge in [0.05, 0.1) is 11.4 Å². The van der Waals surface area contributed by atoms with Crippen molar-refractivity contribution in [2.45, 2.75) is 6.42 Å². The third-order valence-electron chi connectivity index (χ3n) is 3.92. The Morgan fingerprint density at radius 1 is 1.00 bits per heavy atom. The molecule has 0 bridgehead atoms. The molecule has 3 N–H and O–H groups in total. The van der Waals surface area contributed by atoms with Crippen LogP contribution in [0.25, 0.3) is 11.4 Å². The van der Waals surface area contributed by atoms with Gasteiger partial charge in [-0.3, -0.25) is 4.98 Å². The molecule has 2 aromatic heterocycles. The Balaban J connectivity index is 1.63. The van der Waals surface area contributed by atoms with Crippen molar-refractivity contribution in [1.29, 1.82) is 0 Å². The van der Waals surface area contributed by atoms with E-state index >= 15 is 0 Å². The number of hydrogen-bond acceptors (Lipinski definition) is 8. The van der Waals surface area contributed by atoms with Gasteiger partial charge in [0.2, 0.25) is 12.7 Å². The zero-order chi connectivity index (χ0) is 18.5. The van der Waals surface area contributed by atoms with Gasteiger partial charge < -0.3 is 25.2 Å². The van der Waals surface area contributed by atoms with Gasteiger partial charge >= 0.3 is 0 Å². The summed E-state index contributed by atoms with van der Waals surface area (Å²) in [5.41, 5.74) is 2.27. The molecule has 8 heteroatoms. The number of nitrogens with one attached hydrogen (secondary N) is 2. The predicted molar refractivity (Wildman–Crippen MR) is 101 cm³/mol. The average Bonchev–Trinajstić information content (AvgIpc) is 3.17. The van der Waals surface area contributed by atoms with Gasteiger partial charge in [-0.05, 0) is 30.7 Å². The van der Waals surface area contributed by atoms with Crippen molar-refractivity contribution in [3.05, 3.63) is 48.7 Å². The summed E-state index contributed by atoms with van der Waals surface area (Å²) in [4.78, 5) is 13.4. The largest absolute Gasteiger partial charge is 0.454 e. The van der Waals surface area contributed by atoms with Gasteiger partial charge in [-0.1, -0.05) is 6.07 Å². The maximum absolute atomic E-state index is 8.98. The van der Waals surface area contributed by atoms with Crippen LogP contribution in [0, 0.1) is 0 Å². The highest BCUT2D eigenvalue weighted by Crippen LogP contribution is 2.35. The first kappa shape index (κ1) is 17.0. The number of ether oxygens (including phenoxy) is 2. The topological polar surface area (TPSA) is 101 Å². The first-order valence-electron chi connectivity index (χ1n) is 8.64. The maximum Gasteiger partial charge on any atom is 0.231 e. The number of rotatable bonds is 7. The molecule has 0 spiro atoms. The Kier molecular flexibility index (Phi) is 4.97. The van der Waals surface area contributed by atoms with Gasteiger partial charge in [0, 0.05) is 37.2 Å². The van der Waals surface area contributed by atoms with Crippen molar-refractivity contribution in [1.82, 2.24) is 15.0 Å². The molecular formula is C19H19N5O3. The first-order chi connectivity index (χ1) is 13.3. The van der Waals surface area contributed by atoms with E-state index in [4.69, 9.17) is 14.6 Å². The van der Waals surface area contributed by atoms with Gasteiger partial charge in [-0.2, -0.15) is 4.98 Å². The van der Waals surface area contributed by atoms with Gasteiger partial charge in [-0.15, -0.1) is 0 Å². The minimum absolute atomic E-state index is 0.106. The molecule has 27 heavy (non-hydrogen) atoms. The molecule has 3 heterocycles. The molecule has 0 saturated heterocycles. The third kappa shape index (κ3) is 4.06. The van der Waals surface area contributed by atoms with E-state index < -0.39 is 0 Å². The van der Waals surface area contributed by atoms with Crippen LogP contribution < -0.4 is 20.1 Å². The Hall–Kier alpha value is -3.39. The van der Waals surface area contributed by atoms with E-state index in [1.54, 1.807) is 6.20 Å². The third-order valence-corrected chi connectivity index (χ3v) is 3.92. The predicted octanol–water partition coefficient (Wildman–Crippen LogP) is 2.81. The fourth-order valence-corrected chi connectivity index (χ4v) is 2.64. The number of pyridine rings is 1. The van der Waals surface area contributed by atoms with Crippen LogP contribution in [0.2, 0.25) is 0 Å². The molecule has 8 nitrogen and oxygen atoms in total. The Morgan fingerprint density at radius 2 is 1.93 bits per heavy atom. The van der Waals surface area contributed by atoms with Gasteiger partial charge in [0.1, 0.15) is 5.82 Å². The SMILES string of the molecule is OCCCNc1nc(Nc2ccc3c(c2)OCO3)cc(-c2ccccn2)n1.